The summed E-state index contributed by atoms with van der Waals surface area (Å²) in [4.78, 5) is 4.51. The van der Waals surface area contributed by atoms with Crippen LogP contribution in [-0.2, 0) is 13.2 Å². The molecule has 2 aromatic carbocycles. The Morgan fingerprint density at radius 1 is 1.04 bits per heavy atom. The minimum atomic E-state index is 0.000111. The van der Waals surface area contributed by atoms with Gasteiger partial charge in [-0.1, -0.05) is 72.4 Å². The number of aliphatic hydroxyl groups is 1. The van der Waals surface area contributed by atoms with Crippen LogP contribution in [0.15, 0.2) is 72.0 Å². The molecule has 0 saturated carbocycles. The molecule has 3 rings (SSSR count). The molecule has 3 aromatic rings. The predicted octanol–water partition coefficient (Wildman–Crippen LogP) is 4.28. The smallest absolute Gasteiger partial charge is 0.169 e. The second-order valence-corrected chi connectivity index (χ2v) is 6.74. The van der Waals surface area contributed by atoms with Gasteiger partial charge in [0, 0.05) is 11.8 Å². The molecular weight excluding hydrogens is 304 g/mol. The van der Waals surface area contributed by atoms with Gasteiger partial charge in [-0.3, -0.25) is 0 Å². The first kappa shape index (κ1) is 15.8. The molecule has 23 heavy (non-hydrogen) atoms. The molecule has 0 aliphatic carbocycles. The Bertz CT molecular complexity index is 741. The van der Waals surface area contributed by atoms with Gasteiger partial charge in [-0.25, -0.2) is 4.98 Å². The molecule has 1 aromatic heterocycles. The number of aliphatic hydroxyl groups excluding tert-OH is 1. The second kappa shape index (κ2) is 7.49. The largest absolute Gasteiger partial charge is 0.390 e. The average Bonchev–Trinajstić information content (AvgIpc) is 2.98. The van der Waals surface area contributed by atoms with Gasteiger partial charge in [0.15, 0.2) is 5.16 Å². The highest BCUT2D eigenvalue weighted by atomic mass is 32.2. The highest BCUT2D eigenvalue weighted by molar-refractivity contribution is 7.99. The Morgan fingerprint density at radius 3 is 2.35 bits per heavy atom. The van der Waals surface area contributed by atoms with Crippen molar-refractivity contribution in [2.24, 2.45) is 0 Å². The average molecular weight is 324 g/mol. The van der Waals surface area contributed by atoms with Crippen LogP contribution in [0.5, 0.6) is 0 Å². The molecule has 3 nitrogen and oxygen atoms in total. The van der Waals surface area contributed by atoms with E-state index in [1.54, 1.807) is 18.0 Å². The number of rotatable bonds is 6. The number of hydrogen-bond acceptors (Lipinski definition) is 3. The van der Waals surface area contributed by atoms with E-state index in [4.69, 9.17) is 0 Å². The molecule has 0 saturated heterocycles. The van der Waals surface area contributed by atoms with Crippen LogP contribution < -0.4 is 0 Å². The van der Waals surface area contributed by atoms with E-state index in [0.717, 1.165) is 17.4 Å². The van der Waals surface area contributed by atoms with Crippen LogP contribution in [0.1, 0.15) is 29.0 Å². The highest BCUT2D eigenvalue weighted by Crippen LogP contribution is 2.34. The van der Waals surface area contributed by atoms with E-state index in [9.17, 15) is 5.11 Å². The maximum Gasteiger partial charge on any atom is 0.169 e. The Balaban J connectivity index is 1.83. The van der Waals surface area contributed by atoms with Crippen LogP contribution in [0.25, 0.3) is 0 Å². The lowest BCUT2D eigenvalue weighted by molar-refractivity contribution is 0.270. The molecule has 118 valence electrons. The number of hydrogen-bond donors (Lipinski definition) is 1. The van der Waals surface area contributed by atoms with E-state index in [1.165, 1.54) is 11.1 Å². The lowest BCUT2D eigenvalue weighted by Gasteiger charge is -2.14. The van der Waals surface area contributed by atoms with Crippen molar-refractivity contribution in [2.45, 2.75) is 30.5 Å². The van der Waals surface area contributed by atoms with Gasteiger partial charge in [0.2, 0.25) is 0 Å². The van der Waals surface area contributed by atoms with Crippen molar-refractivity contribution in [2.75, 3.05) is 0 Å². The molecule has 0 amide bonds. The summed E-state index contributed by atoms with van der Waals surface area (Å²) in [7, 11) is 0. The van der Waals surface area contributed by atoms with Crippen molar-refractivity contribution < 1.29 is 5.11 Å². The summed E-state index contributed by atoms with van der Waals surface area (Å²) >= 11 is 1.72. The normalized spacial score (nSPS) is 12.3. The monoisotopic (exact) mass is 324 g/mol. The molecule has 0 aliphatic rings. The highest BCUT2D eigenvalue weighted by Gasteiger charge is 2.15. The predicted molar refractivity (Wildman–Crippen MR) is 94.4 cm³/mol. The topological polar surface area (TPSA) is 38.1 Å². The van der Waals surface area contributed by atoms with Gasteiger partial charge in [-0.05, 0) is 18.1 Å². The van der Waals surface area contributed by atoms with E-state index in [0.29, 0.717) is 5.25 Å². The SMILES string of the molecule is C[C@H](Sc1ncc(CO)n1Cc1ccccc1)c1ccccc1. The summed E-state index contributed by atoms with van der Waals surface area (Å²) in [6.45, 7) is 2.90. The number of benzene rings is 2. The van der Waals surface area contributed by atoms with E-state index in [1.807, 2.05) is 24.3 Å². The standard InChI is InChI=1S/C19H20N2OS/c1-15(17-10-6-3-7-11-17)23-19-20-12-18(14-22)21(19)13-16-8-4-2-5-9-16/h2-12,15,22H,13-14H2,1H3/t15-/m0/s1. The first-order valence-corrected chi connectivity index (χ1v) is 8.56. The van der Waals surface area contributed by atoms with E-state index in [-0.39, 0.29) is 6.61 Å². The number of aromatic nitrogens is 2. The van der Waals surface area contributed by atoms with Gasteiger partial charge in [0.1, 0.15) is 0 Å². The lowest BCUT2D eigenvalue weighted by atomic mass is 10.2. The van der Waals surface area contributed by atoms with Crippen LogP contribution in [0.2, 0.25) is 0 Å². The molecule has 1 heterocycles. The fraction of sp³-hybridized carbons (Fsp3) is 0.211. The fourth-order valence-corrected chi connectivity index (χ4v) is 3.53. The van der Waals surface area contributed by atoms with Crippen molar-refractivity contribution in [3.05, 3.63) is 83.7 Å². The Labute approximate surface area is 141 Å². The number of thioether (sulfide) groups is 1. The van der Waals surface area contributed by atoms with Gasteiger partial charge in [-0.15, -0.1) is 0 Å². The van der Waals surface area contributed by atoms with E-state index in [2.05, 4.69) is 52.9 Å². The number of imidazole rings is 1. The summed E-state index contributed by atoms with van der Waals surface area (Å²) in [6.07, 6.45) is 1.77. The molecule has 0 unspecified atom stereocenters. The van der Waals surface area contributed by atoms with Gasteiger partial charge in [-0.2, -0.15) is 0 Å². The van der Waals surface area contributed by atoms with Crippen molar-refractivity contribution >= 4 is 11.8 Å². The minimum Gasteiger partial charge on any atom is -0.390 e. The number of nitrogens with zero attached hydrogens (tertiary/aromatic N) is 2. The third kappa shape index (κ3) is 3.84. The van der Waals surface area contributed by atoms with Crippen LogP contribution in [0.4, 0.5) is 0 Å². The van der Waals surface area contributed by atoms with Gasteiger partial charge in [0.05, 0.1) is 18.5 Å². The summed E-state index contributed by atoms with van der Waals surface area (Å²) < 4.78 is 2.10. The lowest BCUT2D eigenvalue weighted by Crippen LogP contribution is -2.06. The van der Waals surface area contributed by atoms with Crippen LogP contribution in [0.3, 0.4) is 0 Å². The summed E-state index contributed by atoms with van der Waals surface area (Å²) in [5.74, 6) is 0. The zero-order valence-electron chi connectivity index (χ0n) is 13.1. The molecular formula is C19H20N2OS. The Morgan fingerprint density at radius 2 is 1.70 bits per heavy atom. The summed E-state index contributed by atoms with van der Waals surface area (Å²) in [5.41, 5.74) is 3.32. The van der Waals surface area contributed by atoms with Crippen molar-refractivity contribution in [3.8, 4) is 0 Å². The molecule has 0 radical (unpaired) electrons. The molecule has 0 spiro atoms. The zero-order valence-corrected chi connectivity index (χ0v) is 13.9. The zero-order chi connectivity index (χ0) is 16.1. The quantitative estimate of drug-likeness (QED) is 0.688. The van der Waals surface area contributed by atoms with Crippen LogP contribution in [0, 0.1) is 0 Å². The maximum absolute atomic E-state index is 9.59. The first-order chi connectivity index (χ1) is 11.3. The Hall–Kier alpha value is -2.04. The summed E-state index contributed by atoms with van der Waals surface area (Å²) in [5, 5.41) is 10.8. The second-order valence-electron chi connectivity index (χ2n) is 5.43. The van der Waals surface area contributed by atoms with Gasteiger partial charge < -0.3 is 9.67 Å². The summed E-state index contributed by atoms with van der Waals surface area (Å²) in [6, 6.07) is 20.7. The van der Waals surface area contributed by atoms with Gasteiger partial charge >= 0.3 is 0 Å². The molecule has 0 aliphatic heterocycles. The van der Waals surface area contributed by atoms with Crippen molar-refractivity contribution in [1.29, 1.82) is 0 Å². The molecule has 1 N–H and O–H groups in total. The molecule has 4 heteroatoms. The fourth-order valence-electron chi connectivity index (χ4n) is 2.50. The van der Waals surface area contributed by atoms with E-state index >= 15 is 0 Å². The van der Waals surface area contributed by atoms with Crippen LogP contribution >= 0.6 is 11.8 Å². The maximum atomic E-state index is 9.59. The van der Waals surface area contributed by atoms with Crippen LogP contribution in [-0.4, -0.2) is 14.7 Å². The Kier molecular flexibility index (Phi) is 5.16. The molecule has 0 bridgehead atoms. The van der Waals surface area contributed by atoms with E-state index < -0.39 is 0 Å². The van der Waals surface area contributed by atoms with Crippen molar-refractivity contribution in [3.63, 3.8) is 0 Å². The van der Waals surface area contributed by atoms with Gasteiger partial charge in [0.25, 0.3) is 0 Å². The molecule has 0 fully saturated rings. The first-order valence-electron chi connectivity index (χ1n) is 7.68. The molecule has 1 atom stereocenters. The minimum absolute atomic E-state index is 0.000111. The van der Waals surface area contributed by atoms with Crippen molar-refractivity contribution in [1.82, 2.24) is 9.55 Å². The third-order valence-corrected chi connectivity index (χ3v) is 4.96. The third-order valence-electron chi connectivity index (χ3n) is 3.80.